The smallest absolute Gasteiger partial charge is 0.410 e. The molecule has 3 fully saturated rings. The van der Waals surface area contributed by atoms with Crippen molar-refractivity contribution in [2.45, 2.75) is 96.1 Å². The summed E-state index contributed by atoms with van der Waals surface area (Å²) in [6.07, 6.45) is 9.86. The average molecular weight is 562 g/mol. The summed E-state index contributed by atoms with van der Waals surface area (Å²) in [5, 5.41) is 25.4. The molecule has 1 saturated heterocycles. The van der Waals surface area contributed by atoms with Crippen molar-refractivity contribution in [1.29, 1.82) is 0 Å². The molecule has 3 N–H and O–H groups in total. The predicted octanol–water partition coefficient (Wildman–Crippen LogP) is 5.49. The van der Waals surface area contributed by atoms with Gasteiger partial charge in [0, 0.05) is 43.0 Å². The fourth-order valence-corrected chi connectivity index (χ4v) is 6.19. The number of aliphatic hydroxyl groups is 2. The van der Waals surface area contributed by atoms with Crippen LogP contribution in [0.2, 0.25) is 0 Å². The summed E-state index contributed by atoms with van der Waals surface area (Å²) in [6.45, 7) is 7.81. The molecule has 2 aliphatic carbocycles. The predicted molar refractivity (Wildman–Crippen MR) is 159 cm³/mol. The first-order chi connectivity index (χ1) is 19.6. The molecule has 1 amide bonds. The van der Waals surface area contributed by atoms with Crippen LogP contribution in [0.5, 0.6) is 0 Å². The fourth-order valence-electron chi connectivity index (χ4n) is 6.19. The molecule has 1 unspecified atom stereocenters. The van der Waals surface area contributed by atoms with Gasteiger partial charge in [-0.15, -0.1) is 0 Å². The SMILES string of the molecule is CC(C)(C)OC(=O)N1CCC(=Cc2ccc3c(c2)C(O)N(C2CCC(O)CC2)c2nc(NCC4CC4)ncc2-3)CC1. The maximum Gasteiger partial charge on any atom is 0.410 e. The maximum atomic E-state index is 12.5. The molecule has 2 aliphatic heterocycles. The molecule has 1 aromatic heterocycles. The number of ether oxygens (including phenoxy) is 1. The summed E-state index contributed by atoms with van der Waals surface area (Å²) in [4.78, 5) is 25.9. The zero-order chi connectivity index (χ0) is 28.7. The highest BCUT2D eigenvalue weighted by Gasteiger charge is 2.37. The molecule has 9 heteroatoms. The third kappa shape index (κ3) is 6.36. The first-order valence-corrected chi connectivity index (χ1v) is 15.2. The number of benzene rings is 1. The highest BCUT2D eigenvalue weighted by atomic mass is 16.6. The Hall–Kier alpha value is -3.17. The summed E-state index contributed by atoms with van der Waals surface area (Å²) in [6, 6.07) is 6.34. The number of aromatic nitrogens is 2. The van der Waals surface area contributed by atoms with Crippen LogP contribution in [0.4, 0.5) is 16.6 Å². The van der Waals surface area contributed by atoms with Crippen molar-refractivity contribution in [3.63, 3.8) is 0 Å². The van der Waals surface area contributed by atoms with Crippen molar-refractivity contribution in [2.24, 2.45) is 5.92 Å². The number of anilines is 2. The van der Waals surface area contributed by atoms with E-state index in [2.05, 4.69) is 39.5 Å². The summed E-state index contributed by atoms with van der Waals surface area (Å²) in [7, 11) is 0. The lowest BCUT2D eigenvalue weighted by Crippen LogP contribution is -2.44. The van der Waals surface area contributed by atoms with Gasteiger partial charge in [-0.25, -0.2) is 9.78 Å². The van der Waals surface area contributed by atoms with Gasteiger partial charge in [0.15, 0.2) is 6.23 Å². The van der Waals surface area contributed by atoms with E-state index < -0.39 is 11.8 Å². The van der Waals surface area contributed by atoms with E-state index in [1.807, 2.05) is 27.0 Å². The van der Waals surface area contributed by atoms with E-state index >= 15 is 0 Å². The highest BCUT2D eigenvalue weighted by Crippen LogP contribution is 2.46. The zero-order valence-electron chi connectivity index (χ0n) is 24.5. The van der Waals surface area contributed by atoms with Gasteiger partial charge >= 0.3 is 6.09 Å². The molecule has 2 saturated carbocycles. The van der Waals surface area contributed by atoms with Crippen molar-refractivity contribution in [1.82, 2.24) is 14.9 Å². The zero-order valence-corrected chi connectivity index (χ0v) is 24.5. The Balaban J connectivity index is 1.25. The van der Waals surface area contributed by atoms with Gasteiger partial charge in [-0.1, -0.05) is 23.8 Å². The number of hydrogen-bond donors (Lipinski definition) is 3. The topological polar surface area (TPSA) is 111 Å². The van der Waals surface area contributed by atoms with Gasteiger partial charge in [0.2, 0.25) is 5.95 Å². The number of nitrogens with zero attached hydrogens (tertiary/aromatic N) is 4. The number of carbonyl (C=O) groups is 1. The summed E-state index contributed by atoms with van der Waals surface area (Å²) in [5.74, 6) is 2.07. The quantitative estimate of drug-likeness (QED) is 0.439. The van der Waals surface area contributed by atoms with Gasteiger partial charge in [0.1, 0.15) is 11.4 Å². The summed E-state index contributed by atoms with van der Waals surface area (Å²) in [5.41, 5.74) is 4.55. The lowest BCUT2D eigenvalue weighted by Gasteiger charge is -2.43. The third-order valence-corrected chi connectivity index (χ3v) is 8.65. The summed E-state index contributed by atoms with van der Waals surface area (Å²) < 4.78 is 5.54. The number of hydrogen-bond acceptors (Lipinski definition) is 8. The molecule has 1 atom stereocenters. The van der Waals surface area contributed by atoms with Crippen molar-refractivity contribution in [2.75, 3.05) is 29.9 Å². The van der Waals surface area contributed by atoms with Crippen LogP contribution in [0.15, 0.2) is 30.0 Å². The van der Waals surface area contributed by atoms with Gasteiger partial charge in [0.25, 0.3) is 0 Å². The van der Waals surface area contributed by atoms with E-state index in [9.17, 15) is 15.0 Å². The standard InChI is InChI=1S/C32H43N5O4/c1-32(2,3)41-31(40)36-14-12-20(13-15-36)16-22-6-11-25-26(17-22)29(39)37(23-7-9-24(38)10-8-23)28-27(25)19-34-30(35-28)33-18-21-4-5-21/h6,11,16-17,19,21,23-24,29,38-39H,4-5,7-10,12-15,18H2,1-3H3,(H,33,34,35). The van der Waals surface area contributed by atoms with Crippen molar-refractivity contribution >= 4 is 23.9 Å². The monoisotopic (exact) mass is 561 g/mol. The first kappa shape index (κ1) is 28.0. The molecule has 41 heavy (non-hydrogen) atoms. The third-order valence-electron chi connectivity index (χ3n) is 8.65. The number of aliphatic hydroxyl groups excluding tert-OH is 2. The Morgan fingerprint density at radius 3 is 2.49 bits per heavy atom. The number of carbonyl (C=O) groups excluding carboxylic acids is 1. The van der Waals surface area contributed by atoms with Crippen LogP contribution in [0, 0.1) is 5.92 Å². The van der Waals surface area contributed by atoms with Gasteiger partial charge in [-0.2, -0.15) is 4.98 Å². The number of likely N-dealkylation sites (tertiary alicyclic amines) is 1. The molecule has 0 spiro atoms. The lowest BCUT2D eigenvalue weighted by atomic mass is 9.87. The summed E-state index contributed by atoms with van der Waals surface area (Å²) >= 11 is 0. The number of amides is 1. The van der Waals surface area contributed by atoms with Crippen LogP contribution >= 0.6 is 0 Å². The molecule has 6 rings (SSSR count). The molecule has 0 radical (unpaired) electrons. The molecule has 2 aromatic rings. The molecular weight excluding hydrogens is 518 g/mol. The number of nitrogens with one attached hydrogen (secondary N) is 1. The van der Waals surface area contributed by atoms with Gasteiger partial charge < -0.3 is 30.1 Å². The second-order valence-electron chi connectivity index (χ2n) is 13.1. The number of fused-ring (bicyclic) bond motifs is 3. The van der Waals surface area contributed by atoms with Gasteiger partial charge in [-0.05, 0) is 95.2 Å². The Kier molecular flexibility index (Phi) is 7.68. The van der Waals surface area contributed by atoms with Gasteiger partial charge in [-0.3, -0.25) is 0 Å². The van der Waals surface area contributed by atoms with Crippen LogP contribution < -0.4 is 10.2 Å². The molecule has 3 heterocycles. The van der Waals surface area contributed by atoms with E-state index in [0.29, 0.717) is 25.0 Å². The van der Waals surface area contributed by atoms with Gasteiger partial charge in [0.05, 0.1) is 6.10 Å². The van der Waals surface area contributed by atoms with Crippen LogP contribution in [0.25, 0.3) is 17.2 Å². The van der Waals surface area contributed by atoms with Crippen LogP contribution in [0.1, 0.15) is 89.5 Å². The minimum atomic E-state index is -0.837. The Bertz CT molecular complexity index is 1300. The van der Waals surface area contributed by atoms with E-state index in [0.717, 1.165) is 73.1 Å². The lowest BCUT2D eigenvalue weighted by molar-refractivity contribution is 0.0237. The largest absolute Gasteiger partial charge is 0.444 e. The van der Waals surface area contributed by atoms with Crippen molar-refractivity contribution in [3.8, 4) is 11.1 Å². The first-order valence-electron chi connectivity index (χ1n) is 15.2. The molecule has 1 aromatic carbocycles. The molecule has 4 aliphatic rings. The Morgan fingerprint density at radius 2 is 1.80 bits per heavy atom. The van der Waals surface area contributed by atoms with Crippen molar-refractivity contribution < 1.29 is 19.7 Å². The second kappa shape index (κ2) is 11.2. The highest BCUT2D eigenvalue weighted by molar-refractivity contribution is 5.83. The van der Waals surface area contributed by atoms with E-state index in [4.69, 9.17) is 9.72 Å². The van der Waals surface area contributed by atoms with E-state index in [-0.39, 0.29) is 18.2 Å². The molecule has 0 bridgehead atoms. The van der Waals surface area contributed by atoms with E-state index in [1.54, 1.807) is 4.90 Å². The van der Waals surface area contributed by atoms with E-state index in [1.165, 1.54) is 18.4 Å². The molecular formula is C32H43N5O4. The molecule has 9 nitrogen and oxygen atoms in total. The fraction of sp³-hybridized carbons (Fsp3) is 0.594. The minimum Gasteiger partial charge on any atom is -0.444 e. The van der Waals surface area contributed by atoms with Crippen LogP contribution in [0.3, 0.4) is 0 Å². The maximum absolute atomic E-state index is 12.5. The van der Waals surface area contributed by atoms with Crippen LogP contribution in [-0.4, -0.2) is 68.6 Å². The molecule has 220 valence electrons. The normalized spacial score (nSPS) is 24.4. The number of piperidine rings is 1. The Morgan fingerprint density at radius 1 is 1.07 bits per heavy atom. The number of rotatable bonds is 5. The van der Waals surface area contributed by atoms with Crippen LogP contribution in [-0.2, 0) is 4.74 Å². The minimum absolute atomic E-state index is 0.0886. The second-order valence-corrected chi connectivity index (χ2v) is 13.1. The average Bonchev–Trinajstić information content (AvgIpc) is 3.77. The van der Waals surface area contributed by atoms with Crippen molar-refractivity contribution in [3.05, 3.63) is 41.1 Å². The Labute approximate surface area is 242 Å².